The summed E-state index contributed by atoms with van der Waals surface area (Å²) < 4.78 is 43.1. The predicted molar refractivity (Wildman–Crippen MR) is 153 cm³/mol. The van der Waals surface area contributed by atoms with Gasteiger partial charge in [-0.15, -0.1) is 6.42 Å². The molecule has 2 aromatic carbocycles. The van der Waals surface area contributed by atoms with Gasteiger partial charge in [0, 0.05) is 36.3 Å². The van der Waals surface area contributed by atoms with Crippen LogP contribution < -0.4 is 9.64 Å². The number of nitrogens with zero attached hydrogens (tertiary/aromatic N) is 5. The van der Waals surface area contributed by atoms with E-state index in [4.69, 9.17) is 20.9 Å². The van der Waals surface area contributed by atoms with Gasteiger partial charge in [0.05, 0.1) is 24.2 Å². The Morgan fingerprint density at radius 1 is 1.22 bits per heavy atom. The molecule has 2 aliphatic rings. The third-order valence-corrected chi connectivity index (χ3v) is 7.91. The molecule has 0 aliphatic carbocycles. The molecule has 0 amide bonds. The Morgan fingerprint density at radius 3 is 2.85 bits per heavy atom. The first-order chi connectivity index (χ1) is 19.8. The molecule has 2 saturated heterocycles. The molecule has 2 aliphatic heterocycles. The number of fused-ring (bicyclic) bond motifs is 2. The van der Waals surface area contributed by atoms with Crippen molar-refractivity contribution in [1.29, 1.82) is 0 Å². The predicted octanol–water partition coefficient (Wildman–Crippen LogP) is 4.76. The zero-order valence-electron chi connectivity index (χ0n) is 23.0. The Kier molecular flexibility index (Phi) is 7.32. The average Bonchev–Trinajstić information content (AvgIpc) is 3.24. The number of hydrogen-bond donors (Lipinski definition) is 1. The minimum atomic E-state index is -0.743. The van der Waals surface area contributed by atoms with Crippen molar-refractivity contribution in [2.24, 2.45) is 5.92 Å². The highest BCUT2D eigenvalue weighted by Crippen LogP contribution is 2.38. The molecule has 0 radical (unpaired) electrons. The largest absolute Gasteiger partial charge is 0.508 e. The maximum absolute atomic E-state index is 16.6. The van der Waals surface area contributed by atoms with Gasteiger partial charge in [-0.2, -0.15) is 9.97 Å². The van der Waals surface area contributed by atoms with Crippen LogP contribution >= 0.6 is 0 Å². The molecule has 2 atom stereocenters. The van der Waals surface area contributed by atoms with Gasteiger partial charge in [0.1, 0.15) is 35.2 Å². The molecule has 2 fully saturated rings. The summed E-state index contributed by atoms with van der Waals surface area (Å²) in [5.74, 6) is 1.61. The van der Waals surface area contributed by atoms with Crippen molar-refractivity contribution in [3.8, 4) is 35.4 Å². The molecule has 1 N–H and O–H groups in total. The number of aromatic nitrogens is 3. The summed E-state index contributed by atoms with van der Waals surface area (Å²) in [6.45, 7) is 5.79. The Balaban J connectivity index is 1.53. The number of aromatic hydroxyl groups is 1. The maximum atomic E-state index is 16.6. The number of ether oxygens (including phenoxy) is 2. The smallest absolute Gasteiger partial charge is 0.319 e. The Hall–Kier alpha value is -4.07. The highest BCUT2D eigenvalue weighted by molar-refractivity contribution is 6.03. The lowest BCUT2D eigenvalue weighted by atomic mass is 9.96. The van der Waals surface area contributed by atoms with Gasteiger partial charge in [0.2, 0.25) is 0 Å². The van der Waals surface area contributed by atoms with E-state index < -0.39 is 11.6 Å². The van der Waals surface area contributed by atoms with E-state index in [0.29, 0.717) is 49.5 Å². The fourth-order valence-electron chi connectivity index (χ4n) is 5.80. The number of likely N-dealkylation sites (tertiary alicyclic amines) is 1. The fraction of sp³-hybridized carbons (Fsp3) is 0.387. The lowest BCUT2D eigenvalue weighted by Gasteiger charge is -2.25. The first kappa shape index (κ1) is 27.1. The number of benzene rings is 2. The molecule has 2 unspecified atom stereocenters. The SMILES string of the molecule is C#Cc1c(F)ccc2cc(O)cc(-c3ncc4c(N5CCOCC(C)C5)nc(OCC5CCCN5C)nc4c3F)c12. The number of hydrogen-bond acceptors (Lipinski definition) is 8. The second-order valence-electron chi connectivity index (χ2n) is 10.9. The molecule has 4 aromatic rings. The number of phenolic OH excluding ortho intramolecular Hbond substituents is 1. The Morgan fingerprint density at radius 2 is 2.07 bits per heavy atom. The van der Waals surface area contributed by atoms with Crippen molar-refractivity contribution >= 4 is 27.5 Å². The molecule has 212 valence electrons. The number of anilines is 1. The van der Waals surface area contributed by atoms with E-state index in [1.54, 1.807) is 0 Å². The lowest BCUT2D eigenvalue weighted by Crippen LogP contribution is -2.32. The summed E-state index contributed by atoms with van der Waals surface area (Å²) in [5.41, 5.74) is 0.0335. The summed E-state index contributed by atoms with van der Waals surface area (Å²) in [7, 11) is 2.05. The first-order valence-corrected chi connectivity index (χ1v) is 13.8. The summed E-state index contributed by atoms with van der Waals surface area (Å²) in [4.78, 5) is 18.0. The molecule has 2 aromatic heterocycles. The number of rotatable bonds is 5. The van der Waals surface area contributed by atoms with Crippen LogP contribution in [0.4, 0.5) is 14.6 Å². The van der Waals surface area contributed by atoms with Crippen molar-refractivity contribution < 1.29 is 23.4 Å². The van der Waals surface area contributed by atoms with Crippen LogP contribution in [0.3, 0.4) is 0 Å². The topological polar surface area (TPSA) is 83.8 Å². The number of likely N-dealkylation sites (N-methyl/N-ethyl adjacent to an activating group) is 1. The van der Waals surface area contributed by atoms with E-state index in [1.807, 2.05) is 4.90 Å². The summed E-state index contributed by atoms with van der Waals surface area (Å²) in [5, 5.41) is 11.6. The summed E-state index contributed by atoms with van der Waals surface area (Å²) >= 11 is 0. The molecule has 0 spiro atoms. The average molecular weight is 560 g/mol. The van der Waals surface area contributed by atoms with Gasteiger partial charge in [-0.3, -0.25) is 4.98 Å². The molecule has 8 nitrogen and oxygen atoms in total. The van der Waals surface area contributed by atoms with E-state index in [1.165, 1.54) is 30.5 Å². The summed E-state index contributed by atoms with van der Waals surface area (Å²) in [6.07, 6.45) is 9.25. The van der Waals surface area contributed by atoms with Crippen LogP contribution in [0.1, 0.15) is 25.3 Å². The molecular formula is C31H31F2N5O3. The van der Waals surface area contributed by atoms with E-state index in [0.717, 1.165) is 19.4 Å². The standard InChI is InChI=1S/C31H31F2N5O3/c1-4-22-25(32)8-7-19-12-21(39)13-23(26(19)22)28-27(33)29-24(14-34-28)30(38-10-11-40-16-18(2)15-38)36-31(35-29)41-17-20-6-5-9-37(20)3/h1,7-8,12-14,18,20,39H,5-6,9-11,15-17H2,2-3H3. The normalized spacial score (nSPS) is 19.9. The Labute approximate surface area is 236 Å². The van der Waals surface area contributed by atoms with E-state index in [2.05, 4.69) is 34.8 Å². The van der Waals surface area contributed by atoms with Crippen molar-refractivity contribution in [2.45, 2.75) is 25.8 Å². The third kappa shape index (κ3) is 5.11. The first-order valence-electron chi connectivity index (χ1n) is 13.8. The van der Waals surface area contributed by atoms with Gasteiger partial charge in [0.25, 0.3) is 0 Å². The monoisotopic (exact) mass is 559 g/mol. The van der Waals surface area contributed by atoms with Crippen molar-refractivity contribution in [2.75, 3.05) is 51.4 Å². The zero-order chi connectivity index (χ0) is 28.7. The minimum absolute atomic E-state index is 0.0164. The van der Waals surface area contributed by atoms with Crippen LogP contribution in [-0.2, 0) is 4.74 Å². The second-order valence-corrected chi connectivity index (χ2v) is 10.9. The molecular weight excluding hydrogens is 528 g/mol. The maximum Gasteiger partial charge on any atom is 0.319 e. The van der Waals surface area contributed by atoms with Crippen LogP contribution in [0.2, 0.25) is 0 Å². The quantitative estimate of drug-likeness (QED) is 0.351. The van der Waals surface area contributed by atoms with E-state index in [-0.39, 0.29) is 51.4 Å². The van der Waals surface area contributed by atoms with Gasteiger partial charge < -0.3 is 24.4 Å². The van der Waals surface area contributed by atoms with Gasteiger partial charge in [-0.05, 0) is 55.9 Å². The Bertz CT molecular complexity index is 1670. The summed E-state index contributed by atoms with van der Waals surface area (Å²) in [6, 6.07) is 5.79. The minimum Gasteiger partial charge on any atom is -0.508 e. The molecule has 4 heterocycles. The van der Waals surface area contributed by atoms with Crippen molar-refractivity contribution in [3.63, 3.8) is 0 Å². The molecule has 0 bridgehead atoms. The number of terminal acetylenes is 1. The van der Waals surface area contributed by atoms with E-state index in [9.17, 15) is 9.50 Å². The number of pyridine rings is 1. The molecule has 6 rings (SSSR count). The van der Waals surface area contributed by atoms with Crippen molar-refractivity contribution in [1.82, 2.24) is 19.9 Å². The van der Waals surface area contributed by atoms with Crippen LogP contribution in [0.25, 0.3) is 32.9 Å². The van der Waals surface area contributed by atoms with E-state index >= 15 is 4.39 Å². The lowest BCUT2D eigenvalue weighted by molar-refractivity contribution is 0.129. The number of phenols is 1. The zero-order valence-corrected chi connectivity index (χ0v) is 23.0. The second kappa shape index (κ2) is 11.1. The third-order valence-electron chi connectivity index (χ3n) is 7.91. The molecule has 41 heavy (non-hydrogen) atoms. The molecule has 0 saturated carbocycles. The van der Waals surface area contributed by atoms with Crippen LogP contribution in [0.15, 0.2) is 30.5 Å². The van der Waals surface area contributed by atoms with Crippen molar-refractivity contribution in [3.05, 3.63) is 47.7 Å². The van der Waals surface area contributed by atoms with Crippen LogP contribution in [-0.4, -0.2) is 77.5 Å². The van der Waals surface area contributed by atoms with Gasteiger partial charge in [0.15, 0.2) is 5.82 Å². The van der Waals surface area contributed by atoms with Gasteiger partial charge in [-0.1, -0.05) is 18.9 Å². The fourth-order valence-corrected chi connectivity index (χ4v) is 5.80. The van der Waals surface area contributed by atoms with Gasteiger partial charge >= 0.3 is 6.01 Å². The van der Waals surface area contributed by atoms with Crippen LogP contribution in [0.5, 0.6) is 11.8 Å². The molecule has 10 heteroatoms. The van der Waals surface area contributed by atoms with Crippen LogP contribution in [0, 0.1) is 29.9 Å². The van der Waals surface area contributed by atoms with Gasteiger partial charge in [-0.25, -0.2) is 8.78 Å². The highest BCUT2D eigenvalue weighted by atomic mass is 19.1. The number of halogens is 2. The highest BCUT2D eigenvalue weighted by Gasteiger charge is 2.26.